The van der Waals surface area contributed by atoms with E-state index in [0.717, 1.165) is 15.6 Å². The van der Waals surface area contributed by atoms with E-state index in [4.69, 9.17) is 4.52 Å². The Morgan fingerprint density at radius 1 is 1.48 bits per heavy atom. The highest BCUT2D eigenvalue weighted by atomic mass is 32.1. The van der Waals surface area contributed by atoms with E-state index in [1.807, 2.05) is 17.5 Å². The topological polar surface area (TPSA) is 110 Å². The molecular formula is C14H12N4O4S. The number of H-pyrrole nitrogens is 1. The van der Waals surface area contributed by atoms with Gasteiger partial charge in [0.05, 0.1) is 6.54 Å². The van der Waals surface area contributed by atoms with Crippen LogP contribution in [0.15, 0.2) is 43.9 Å². The number of amides is 1. The number of nitrogens with one attached hydrogen (secondary N) is 2. The first-order chi connectivity index (χ1) is 11.0. The molecule has 1 amide bonds. The van der Waals surface area contributed by atoms with Crippen molar-refractivity contribution in [3.63, 3.8) is 0 Å². The monoisotopic (exact) mass is 332 g/mol. The lowest BCUT2D eigenvalue weighted by Crippen LogP contribution is -2.39. The van der Waals surface area contributed by atoms with E-state index in [9.17, 15) is 14.4 Å². The fourth-order valence-electron chi connectivity index (χ4n) is 1.98. The van der Waals surface area contributed by atoms with Gasteiger partial charge in [0.2, 0.25) is 0 Å². The van der Waals surface area contributed by atoms with E-state index in [2.05, 4.69) is 15.5 Å². The summed E-state index contributed by atoms with van der Waals surface area (Å²) >= 11 is 1.42. The van der Waals surface area contributed by atoms with Crippen LogP contribution in [0.4, 0.5) is 5.82 Å². The molecule has 0 aliphatic heterocycles. The highest BCUT2D eigenvalue weighted by Gasteiger charge is 2.16. The Hall–Kier alpha value is -2.94. The second kappa shape index (κ2) is 6.05. The lowest BCUT2D eigenvalue weighted by atomic mass is 10.3. The van der Waals surface area contributed by atoms with Crippen molar-refractivity contribution in [1.29, 1.82) is 0 Å². The molecule has 3 rings (SSSR count). The van der Waals surface area contributed by atoms with Gasteiger partial charge in [-0.3, -0.25) is 14.2 Å². The number of carbonyl (C=O) groups is 1. The molecule has 3 aromatic heterocycles. The molecule has 0 saturated carbocycles. The molecule has 0 aromatic carbocycles. The van der Waals surface area contributed by atoms with Gasteiger partial charge in [0.25, 0.3) is 11.5 Å². The maximum absolute atomic E-state index is 12.4. The fourth-order valence-corrected chi connectivity index (χ4v) is 2.68. The molecule has 0 bridgehead atoms. The molecule has 0 spiro atoms. The first kappa shape index (κ1) is 15.0. The summed E-state index contributed by atoms with van der Waals surface area (Å²) in [5.41, 5.74) is -1.42. The fraction of sp³-hybridized carbons (Fsp3) is 0.143. The zero-order valence-corrected chi connectivity index (χ0v) is 12.8. The standard InChI is InChI=1S/C14H12N4O4S/c1-8-5-11(17-22-8)16-12(19)10-6-15-14(21)18(13(10)20)7-9-3-2-4-23-9/h2-6H,7H2,1H3,(H,15,21)(H,16,17,19). The molecular weight excluding hydrogens is 320 g/mol. The summed E-state index contributed by atoms with van der Waals surface area (Å²) in [5, 5.41) is 7.92. The Morgan fingerprint density at radius 2 is 2.30 bits per heavy atom. The Labute approximate surface area is 133 Å². The number of aryl methyl sites for hydroxylation is 1. The second-order valence-corrected chi connectivity index (χ2v) is 5.79. The number of rotatable bonds is 4. The van der Waals surface area contributed by atoms with E-state index >= 15 is 0 Å². The van der Waals surface area contributed by atoms with Gasteiger partial charge in [0.15, 0.2) is 5.82 Å². The number of nitrogens with zero attached hydrogens (tertiary/aromatic N) is 2. The molecule has 0 aliphatic carbocycles. The van der Waals surface area contributed by atoms with Crippen LogP contribution in [0.2, 0.25) is 0 Å². The Morgan fingerprint density at radius 3 is 2.96 bits per heavy atom. The first-order valence-electron chi connectivity index (χ1n) is 6.64. The summed E-state index contributed by atoms with van der Waals surface area (Å²) in [6.07, 6.45) is 1.10. The number of aromatic amines is 1. The van der Waals surface area contributed by atoms with E-state index in [0.29, 0.717) is 5.76 Å². The number of hydrogen-bond donors (Lipinski definition) is 2. The number of aromatic nitrogens is 3. The molecule has 8 nitrogen and oxygen atoms in total. The van der Waals surface area contributed by atoms with Crippen LogP contribution in [0.3, 0.4) is 0 Å². The van der Waals surface area contributed by atoms with Gasteiger partial charge in [-0.25, -0.2) is 4.79 Å². The minimum absolute atomic E-state index is 0.107. The predicted molar refractivity (Wildman–Crippen MR) is 83.9 cm³/mol. The minimum Gasteiger partial charge on any atom is -0.360 e. The van der Waals surface area contributed by atoms with Crippen LogP contribution in [0, 0.1) is 6.92 Å². The molecule has 0 aliphatic rings. The minimum atomic E-state index is -0.667. The van der Waals surface area contributed by atoms with Gasteiger partial charge in [0, 0.05) is 17.1 Å². The zero-order valence-electron chi connectivity index (χ0n) is 12.0. The van der Waals surface area contributed by atoms with Crippen LogP contribution in [-0.4, -0.2) is 20.6 Å². The molecule has 0 atom stereocenters. The van der Waals surface area contributed by atoms with Crippen LogP contribution >= 0.6 is 11.3 Å². The lowest BCUT2D eigenvalue weighted by Gasteiger charge is -2.05. The van der Waals surface area contributed by atoms with Crippen molar-refractivity contribution in [2.24, 2.45) is 0 Å². The number of anilines is 1. The van der Waals surface area contributed by atoms with Crippen molar-refractivity contribution in [2.45, 2.75) is 13.5 Å². The molecule has 9 heteroatoms. The molecule has 0 saturated heterocycles. The van der Waals surface area contributed by atoms with E-state index in [-0.39, 0.29) is 17.9 Å². The smallest absolute Gasteiger partial charge is 0.328 e. The average molecular weight is 332 g/mol. The molecule has 23 heavy (non-hydrogen) atoms. The van der Waals surface area contributed by atoms with Crippen LogP contribution in [0.25, 0.3) is 0 Å². The molecule has 118 valence electrons. The average Bonchev–Trinajstić information content (AvgIpc) is 3.15. The Balaban J connectivity index is 1.92. The first-order valence-corrected chi connectivity index (χ1v) is 7.52. The molecule has 3 aromatic rings. The Kier molecular flexibility index (Phi) is 3.94. The quantitative estimate of drug-likeness (QED) is 0.746. The van der Waals surface area contributed by atoms with Crippen molar-refractivity contribution in [2.75, 3.05) is 5.32 Å². The molecule has 2 N–H and O–H groups in total. The van der Waals surface area contributed by atoms with Crippen molar-refractivity contribution >= 4 is 23.1 Å². The summed E-state index contributed by atoms with van der Waals surface area (Å²) in [4.78, 5) is 39.7. The van der Waals surface area contributed by atoms with Gasteiger partial charge in [-0.2, -0.15) is 0 Å². The summed E-state index contributed by atoms with van der Waals surface area (Å²) in [6, 6.07) is 5.15. The third-order valence-electron chi connectivity index (χ3n) is 3.07. The summed E-state index contributed by atoms with van der Waals surface area (Å²) in [6.45, 7) is 1.78. The van der Waals surface area contributed by atoms with E-state index in [1.165, 1.54) is 17.4 Å². The zero-order chi connectivity index (χ0) is 16.4. The maximum atomic E-state index is 12.4. The number of carbonyl (C=O) groups excluding carboxylic acids is 1. The number of thiophene rings is 1. The van der Waals surface area contributed by atoms with Crippen LogP contribution in [0.5, 0.6) is 0 Å². The molecule has 0 fully saturated rings. The summed E-state index contributed by atoms with van der Waals surface area (Å²) in [7, 11) is 0. The van der Waals surface area contributed by atoms with Crippen LogP contribution in [0.1, 0.15) is 21.0 Å². The van der Waals surface area contributed by atoms with Gasteiger partial charge in [0.1, 0.15) is 11.3 Å². The lowest BCUT2D eigenvalue weighted by molar-refractivity contribution is 0.102. The molecule has 0 unspecified atom stereocenters. The largest absolute Gasteiger partial charge is 0.360 e. The van der Waals surface area contributed by atoms with Crippen LogP contribution < -0.4 is 16.6 Å². The van der Waals surface area contributed by atoms with Crippen molar-refractivity contribution in [3.05, 3.63) is 66.8 Å². The third kappa shape index (κ3) is 3.14. The van der Waals surface area contributed by atoms with Gasteiger partial charge in [-0.15, -0.1) is 11.3 Å². The third-order valence-corrected chi connectivity index (χ3v) is 3.93. The predicted octanol–water partition coefficient (Wildman–Crippen LogP) is 1.20. The van der Waals surface area contributed by atoms with Crippen molar-refractivity contribution in [3.8, 4) is 0 Å². The summed E-state index contributed by atoms with van der Waals surface area (Å²) in [5.74, 6) is 0.0549. The van der Waals surface area contributed by atoms with Crippen LogP contribution in [-0.2, 0) is 6.54 Å². The number of hydrogen-bond acceptors (Lipinski definition) is 6. The highest BCUT2D eigenvalue weighted by molar-refractivity contribution is 7.09. The van der Waals surface area contributed by atoms with Gasteiger partial charge < -0.3 is 14.8 Å². The van der Waals surface area contributed by atoms with Crippen molar-refractivity contribution in [1.82, 2.24) is 14.7 Å². The van der Waals surface area contributed by atoms with E-state index < -0.39 is 17.2 Å². The van der Waals surface area contributed by atoms with Gasteiger partial charge in [-0.1, -0.05) is 11.2 Å². The van der Waals surface area contributed by atoms with E-state index in [1.54, 1.807) is 6.92 Å². The molecule has 0 radical (unpaired) electrons. The van der Waals surface area contributed by atoms with Gasteiger partial charge in [-0.05, 0) is 18.4 Å². The maximum Gasteiger partial charge on any atom is 0.328 e. The summed E-state index contributed by atoms with van der Waals surface area (Å²) < 4.78 is 5.82. The normalized spacial score (nSPS) is 10.7. The molecule has 3 heterocycles. The second-order valence-electron chi connectivity index (χ2n) is 4.76. The van der Waals surface area contributed by atoms with Crippen molar-refractivity contribution < 1.29 is 9.32 Å². The SMILES string of the molecule is Cc1cc(NC(=O)c2c[nH]c(=O)n(Cc3cccs3)c2=O)no1. The van der Waals surface area contributed by atoms with Gasteiger partial charge >= 0.3 is 5.69 Å². The highest BCUT2D eigenvalue weighted by Crippen LogP contribution is 2.09. The Bertz CT molecular complexity index is 952.